The number of rotatable bonds is 7. The Bertz CT molecular complexity index is 999. The first kappa shape index (κ1) is 21.2. The van der Waals surface area contributed by atoms with Crippen molar-refractivity contribution in [1.29, 1.82) is 0 Å². The van der Waals surface area contributed by atoms with Gasteiger partial charge in [-0.15, -0.1) is 11.8 Å². The van der Waals surface area contributed by atoms with E-state index in [0.717, 1.165) is 16.0 Å². The van der Waals surface area contributed by atoms with Crippen LogP contribution in [0.25, 0.3) is 0 Å². The normalized spacial score (nSPS) is 14.4. The molecule has 7 heteroatoms. The molecule has 1 saturated heterocycles. The van der Waals surface area contributed by atoms with Crippen molar-refractivity contribution < 1.29 is 14.0 Å². The highest BCUT2D eigenvalue weighted by Crippen LogP contribution is 2.27. The Morgan fingerprint density at radius 1 is 1.10 bits per heavy atom. The van der Waals surface area contributed by atoms with Gasteiger partial charge in [-0.1, -0.05) is 24.3 Å². The monoisotopic (exact) mass is 435 g/mol. The number of amides is 2. The molecule has 1 fully saturated rings. The molecular weight excluding hydrogens is 410 g/mol. The van der Waals surface area contributed by atoms with E-state index in [4.69, 9.17) is 4.42 Å². The summed E-state index contributed by atoms with van der Waals surface area (Å²) in [5.74, 6) is 0.944. The number of likely N-dealkylation sites (tertiary alicyclic amines) is 1. The second-order valence-electron chi connectivity index (χ2n) is 7.52. The van der Waals surface area contributed by atoms with Gasteiger partial charge in [0.15, 0.2) is 5.76 Å². The quantitative estimate of drug-likeness (QED) is 0.565. The second kappa shape index (κ2) is 10.3. The number of thioether (sulfide) groups is 1. The third-order valence-electron chi connectivity index (χ3n) is 5.42. The predicted octanol–water partition coefficient (Wildman–Crippen LogP) is 4.14. The van der Waals surface area contributed by atoms with Crippen molar-refractivity contribution >= 4 is 23.6 Å². The van der Waals surface area contributed by atoms with E-state index < -0.39 is 0 Å². The molecule has 1 aliphatic rings. The van der Waals surface area contributed by atoms with Gasteiger partial charge in [0.2, 0.25) is 5.91 Å². The van der Waals surface area contributed by atoms with Gasteiger partial charge >= 0.3 is 0 Å². The molecule has 0 saturated carbocycles. The highest BCUT2D eigenvalue weighted by Gasteiger charge is 2.29. The van der Waals surface area contributed by atoms with Crippen LogP contribution in [0.2, 0.25) is 0 Å². The Kier molecular flexibility index (Phi) is 7.04. The number of carbonyl (C=O) groups is 2. The molecule has 160 valence electrons. The summed E-state index contributed by atoms with van der Waals surface area (Å²) in [6.45, 7) is 1.58. The standard InChI is InChI=1S/C24H25N3O3S/c28-23(26-16-18-5-4-11-25-15-18)19-8-12-27(13-9-19)24(29)22-20(10-14-30-22)17-31-21-6-2-1-3-7-21/h1-7,10-11,14-15,19H,8-9,12-13,16-17H2,(H,26,28). The summed E-state index contributed by atoms with van der Waals surface area (Å²) < 4.78 is 5.54. The maximum atomic E-state index is 13.0. The zero-order valence-corrected chi connectivity index (χ0v) is 18.0. The molecule has 1 N–H and O–H groups in total. The van der Waals surface area contributed by atoms with Gasteiger partial charge < -0.3 is 14.6 Å². The first-order chi connectivity index (χ1) is 15.2. The van der Waals surface area contributed by atoms with Gasteiger partial charge in [0.05, 0.1) is 6.26 Å². The SMILES string of the molecule is O=C(NCc1cccnc1)C1CCN(C(=O)c2occc2CSc2ccccc2)CC1. The van der Waals surface area contributed by atoms with Gasteiger partial charge in [-0.05, 0) is 42.7 Å². The van der Waals surface area contributed by atoms with Crippen LogP contribution in [0.3, 0.4) is 0 Å². The van der Waals surface area contributed by atoms with Crippen LogP contribution in [0, 0.1) is 5.92 Å². The van der Waals surface area contributed by atoms with Gasteiger partial charge in [0.25, 0.3) is 5.91 Å². The lowest BCUT2D eigenvalue weighted by Gasteiger charge is -2.31. The Balaban J connectivity index is 1.27. The first-order valence-electron chi connectivity index (χ1n) is 10.4. The fraction of sp³-hybridized carbons (Fsp3) is 0.292. The smallest absolute Gasteiger partial charge is 0.289 e. The van der Waals surface area contributed by atoms with Gasteiger partial charge in [-0.2, -0.15) is 0 Å². The molecule has 3 heterocycles. The average molecular weight is 436 g/mol. The lowest BCUT2D eigenvalue weighted by atomic mass is 9.95. The van der Waals surface area contributed by atoms with Gasteiger partial charge in [0, 0.05) is 54.2 Å². The van der Waals surface area contributed by atoms with Crippen molar-refractivity contribution in [1.82, 2.24) is 15.2 Å². The zero-order valence-electron chi connectivity index (χ0n) is 17.2. The molecule has 0 bridgehead atoms. The van der Waals surface area contributed by atoms with Crippen molar-refractivity contribution in [3.63, 3.8) is 0 Å². The highest BCUT2D eigenvalue weighted by atomic mass is 32.2. The minimum absolute atomic E-state index is 0.0360. The Labute approximate surface area is 186 Å². The van der Waals surface area contributed by atoms with E-state index in [2.05, 4.69) is 22.4 Å². The molecule has 6 nitrogen and oxygen atoms in total. The number of piperidine rings is 1. The van der Waals surface area contributed by atoms with E-state index in [1.807, 2.05) is 36.4 Å². The number of hydrogen-bond acceptors (Lipinski definition) is 5. The van der Waals surface area contributed by atoms with Crippen LogP contribution >= 0.6 is 11.8 Å². The minimum atomic E-state index is -0.0946. The molecule has 31 heavy (non-hydrogen) atoms. The number of benzene rings is 1. The maximum Gasteiger partial charge on any atom is 0.289 e. The molecule has 1 aromatic carbocycles. The molecule has 0 spiro atoms. The Hall–Kier alpha value is -3.06. The Morgan fingerprint density at radius 3 is 2.65 bits per heavy atom. The summed E-state index contributed by atoms with van der Waals surface area (Å²) in [4.78, 5) is 32.5. The van der Waals surface area contributed by atoms with E-state index >= 15 is 0 Å². The number of nitrogens with zero attached hydrogens (tertiary/aromatic N) is 2. The third kappa shape index (κ3) is 5.55. The van der Waals surface area contributed by atoms with Crippen LogP contribution in [0.1, 0.15) is 34.5 Å². The topological polar surface area (TPSA) is 75.4 Å². The van der Waals surface area contributed by atoms with E-state index in [1.54, 1.807) is 35.3 Å². The van der Waals surface area contributed by atoms with Crippen molar-refractivity contribution in [2.24, 2.45) is 5.92 Å². The molecule has 0 atom stereocenters. The number of aromatic nitrogens is 1. The summed E-state index contributed by atoms with van der Waals surface area (Å²) >= 11 is 1.68. The molecule has 1 aliphatic heterocycles. The molecule has 0 unspecified atom stereocenters. The predicted molar refractivity (Wildman–Crippen MR) is 119 cm³/mol. The summed E-state index contributed by atoms with van der Waals surface area (Å²) in [6, 6.07) is 15.7. The lowest BCUT2D eigenvalue weighted by Crippen LogP contribution is -2.43. The first-order valence-corrected chi connectivity index (χ1v) is 11.4. The maximum absolute atomic E-state index is 13.0. The van der Waals surface area contributed by atoms with Gasteiger partial charge in [0.1, 0.15) is 0 Å². The van der Waals surface area contributed by atoms with E-state index in [1.165, 1.54) is 0 Å². The van der Waals surface area contributed by atoms with Crippen molar-refractivity contribution in [3.05, 3.63) is 84.1 Å². The van der Waals surface area contributed by atoms with Crippen molar-refractivity contribution in [2.45, 2.75) is 30.0 Å². The fourth-order valence-electron chi connectivity index (χ4n) is 3.64. The third-order valence-corrected chi connectivity index (χ3v) is 6.48. The zero-order chi connectivity index (χ0) is 21.5. The van der Waals surface area contributed by atoms with Crippen molar-refractivity contribution in [3.8, 4) is 0 Å². The molecular formula is C24H25N3O3S. The molecule has 2 amide bonds. The van der Waals surface area contributed by atoms with Crippen LogP contribution in [-0.4, -0.2) is 34.8 Å². The highest BCUT2D eigenvalue weighted by molar-refractivity contribution is 7.98. The second-order valence-corrected chi connectivity index (χ2v) is 8.57. The number of carbonyl (C=O) groups excluding carboxylic acids is 2. The number of nitrogens with one attached hydrogen (secondary N) is 1. The molecule has 0 radical (unpaired) electrons. The van der Waals surface area contributed by atoms with Crippen LogP contribution in [0.15, 0.2) is 76.5 Å². The summed E-state index contributed by atoms with van der Waals surface area (Å²) in [7, 11) is 0. The van der Waals surface area contributed by atoms with Gasteiger partial charge in [-0.25, -0.2) is 0 Å². The van der Waals surface area contributed by atoms with E-state index in [9.17, 15) is 9.59 Å². The number of pyridine rings is 1. The van der Waals surface area contributed by atoms with Crippen LogP contribution < -0.4 is 5.32 Å². The van der Waals surface area contributed by atoms with Crippen LogP contribution in [-0.2, 0) is 17.1 Å². The molecule has 4 rings (SSSR count). The van der Waals surface area contributed by atoms with Gasteiger partial charge in [-0.3, -0.25) is 14.6 Å². The van der Waals surface area contributed by atoms with Crippen molar-refractivity contribution in [2.75, 3.05) is 13.1 Å². The number of hydrogen-bond donors (Lipinski definition) is 1. The van der Waals surface area contributed by atoms with E-state index in [0.29, 0.717) is 44.0 Å². The minimum Gasteiger partial charge on any atom is -0.459 e. The summed E-state index contributed by atoms with van der Waals surface area (Å²) in [6.07, 6.45) is 6.34. The fourth-order valence-corrected chi connectivity index (χ4v) is 4.54. The number of furan rings is 1. The molecule has 3 aromatic rings. The largest absolute Gasteiger partial charge is 0.459 e. The van der Waals surface area contributed by atoms with Crippen LogP contribution in [0.4, 0.5) is 0 Å². The average Bonchev–Trinajstić information content (AvgIpc) is 3.31. The summed E-state index contributed by atoms with van der Waals surface area (Å²) in [5.41, 5.74) is 1.87. The Morgan fingerprint density at radius 2 is 1.90 bits per heavy atom. The lowest BCUT2D eigenvalue weighted by molar-refractivity contribution is -0.126. The summed E-state index contributed by atoms with van der Waals surface area (Å²) in [5, 5.41) is 2.98. The molecule has 2 aromatic heterocycles. The van der Waals surface area contributed by atoms with Crippen LogP contribution in [0.5, 0.6) is 0 Å². The van der Waals surface area contributed by atoms with E-state index in [-0.39, 0.29) is 17.7 Å². The molecule has 0 aliphatic carbocycles.